The average molecular weight is 504 g/mol. The Hall–Kier alpha value is -2.48. The van der Waals surface area contributed by atoms with Crippen LogP contribution in [-0.2, 0) is 13.1 Å². The first-order chi connectivity index (χ1) is 12.9. The molecule has 0 fully saturated rings. The van der Waals surface area contributed by atoms with E-state index in [-0.39, 0.29) is 29.7 Å². The lowest BCUT2D eigenvalue weighted by Gasteiger charge is -2.13. The van der Waals surface area contributed by atoms with Gasteiger partial charge in [-0.25, -0.2) is 0 Å². The number of benzene rings is 2. The Morgan fingerprint density at radius 3 is 1.93 bits per heavy atom. The second-order valence-corrected chi connectivity index (χ2v) is 5.64. The Labute approximate surface area is 178 Å². The molecule has 0 unspecified atom stereocenters. The number of guanidine groups is 1. The molecule has 5 nitrogen and oxygen atoms in total. The first kappa shape index (κ1) is 23.6. The van der Waals surface area contributed by atoms with Gasteiger partial charge in [-0.05, 0) is 35.4 Å². The van der Waals surface area contributed by atoms with Crippen molar-refractivity contribution >= 4 is 29.9 Å². The molecule has 0 saturated carbocycles. The van der Waals surface area contributed by atoms with Crippen molar-refractivity contribution in [1.82, 2.24) is 10.6 Å². The lowest BCUT2D eigenvalue weighted by atomic mass is 10.1. The van der Waals surface area contributed by atoms with Crippen LogP contribution in [0.3, 0.4) is 0 Å². The Bertz CT molecular complexity index is 800. The molecule has 0 spiro atoms. The molecule has 0 aliphatic rings. The molecule has 2 aromatic carbocycles. The van der Waals surface area contributed by atoms with Gasteiger partial charge in [0.25, 0.3) is 0 Å². The molecule has 2 aromatic rings. The van der Waals surface area contributed by atoms with Crippen molar-refractivity contribution in [3.63, 3.8) is 0 Å². The predicted octanol–water partition coefficient (Wildman–Crippen LogP) is 3.98. The van der Waals surface area contributed by atoms with Gasteiger partial charge in [0.05, 0.1) is 11.6 Å². The Kier molecular flexibility index (Phi) is 9.58. The van der Waals surface area contributed by atoms with Gasteiger partial charge in [-0.15, -0.1) is 24.0 Å². The van der Waals surface area contributed by atoms with Gasteiger partial charge >= 0.3 is 6.18 Å². The molecule has 0 saturated heterocycles. The Balaban J connectivity index is 0.00000392. The van der Waals surface area contributed by atoms with Crippen molar-refractivity contribution in [2.75, 3.05) is 13.7 Å². The van der Waals surface area contributed by atoms with Crippen molar-refractivity contribution in [3.05, 3.63) is 65.2 Å². The molecular formula is C19H20F3IN4O. The van der Waals surface area contributed by atoms with E-state index in [0.717, 1.165) is 11.1 Å². The molecule has 2 N–H and O–H groups in total. The zero-order valence-corrected chi connectivity index (χ0v) is 17.4. The van der Waals surface area contributed by atoms with Crippen molar-refractivity contribution in [2.24, 2.45) is 4.99 Å². The lowest BCUT2D eigenvalue weighted by Crippen LogP contribution is -2.36. The highest BCUT2D eigenvalue weighted by molar-refractivity contribution is 14.0. The molecule has 2 rings (SSSR count). The van der Waals surface area contributed by atoms with E-state index in [9.17, 15) is 13.2 Å². The highest BCUT2D eigenvalue weighted by Gasteiger charge is 2.28. The summed E-state index contributed by atoms with van der Waals surface area (Å²) >= 11 is 0. The van der Waals surface area contributed by atoms with Crippen molar-refractivity contribution in [2.45, 2.75) is 19.3 Å². The van der Waals surface area contributed by atoms with Gasteiger partial charge in [0.1, 0.15) is 5.75 Å². The number of halogens is 4. The van der Waals surface area contributed by atoms with Crippen LogP contribution >= 0.6 is 24.0 Å². The van der Waals surface area contributed by atoms with E-state index in [0.29, 0.717) is 24.6 Å². The first-order valence-corrected chi connectivity index (χ1v) is 8.11. The normalized spacial score (nSPS) is 11.2. The molecule has 0 amide bonds. The maximum absolute atomic E-state index is 12.1. The molecule has 0 aliphatic carbocycles. The van der Waals surface area contributed by atoms with E-state index in [4.69, 9.17) is 5.26 Å². The molecule has 0 bridgehead atoms. The molecule has 0 aromatic heterocycles. The monoisotopic (exact) mass is 504 g/mol. The Morgan fingerprint density at radius 2 is 1.50 bits per heavy atom. The smallest absolute Gasteiger partial charge is 0.422 e. The minimum absolute atomic E-state index is 0. The van der Waals surface area contributed by atoms with Crippen LogP contribution in [0.2, 0.25) is 0 Å². The van der Waals surface area contributed by atoms with Crippen LogP contribution in [0.15, 0.2) is 53.5 Å². The molecule has 0 aliphatic heterocycles. The highest BCUT2D eigenvalue weighted by Crippen LogP contribution is 2.18. The van der Waals surface area contributed by atoms with Crippen molar-refractivity contribution in [1.29, 1.82) is 5.26 Å². The lowest BCUT2D eigenvalue weighted by molar-refractivity contribution is -0.153. The van der Waals surface area contributed by atoms with Crippen LogP contribution in [0.1, 0.15) is 16.7 Å². The maximum Gasteiger partial charge on any atom is 0.422 e. The summed E-state index contributed by atoms with van der Waals surface area (Å²) in [6.45, 7) is -0.321. The number of nitrogens with zero attached hydrogens (tertiary/aromatic N) is 2. The SMILES string of the molecule is CN=C(NCc1ccc(C#N)cc1)NCc1ccc(OCC(F)(F)F)cc1.I. The van der Waals surface area contributed by atoms with Crippen molar-refractivity contribution in [3.8, 4) is 11.8 Å². The van der Waals surface area contributed by atoms with Crippen LogP contribution in [0.25, 0.3) is 0 Å². The van der Waals surface area contributed by atoms with E-state index < -0.39 is 12.8 Å². The third-order valence-corrected chi connectivity index (χ3v) is 3.55. The maximum atomic E-state index is 12.1. The number of hydrogen-bond acceptors (Lipinski definition) is 3. The van der Waals surface area contributed by atoms with E-state index in [2.05, 4.69) is 26.4 Å². The quantitative estimate of drug-likeness (QED) is 0.355. The van der Waals surface area contributed by atoms with E-state index in [1.165, 1.54) is 12.1 Å². The molecule has 150 valence electrons. The number of hydrogen-bond donors (Lipinski definition) is 2. The van der Waals surface area contributed by atoms with Crippen LogP contribution < -0.4 is 15.4 Å². The van der Waals surface area contributed by atoms with E-state index in [1.807, 2.05) is 12.1 Å². The second kappa shape index (κ2) is 11.4. The molecule has 28 heavy (non-hydrogen) atoms. The van der Waals surface area contributed by atoms with Crippen LogP contribution in [-0.4, -0.2) is 25.8 Å². The molecular weight excluding hydrogens is 484 g/mol. The largest absolute Gasteiger partial charge is 0.484 e. The van der Waals surface area contributed by atoms with Gasteiger partial charge in [-0.2, -0.15) is 18.4 Å². The van der Waals surface area contributed by atoms with Gasteiger partial charge in [0.2, 0.25) is 0 Å². The van der Waals surface area contributed by atoms with E-state index >= 15 is 0 Å². The summed E-state index contributed by atoms with van der Waals surface area (Å²) < 4.78 is 41.1. The van der Waals surface area contributed by atoms with Gasteiger partial charge < -0.3 is 15.4 Å². The summed E-state index contributed by atoms with van der Waals surface area (Å²) in [6.07, 6.45) is -4.35. The second-order valence-electron chi connectivity index (χ2n) is 5.64. The molecule has 0 heterocycles. The number of ether oxygens (including phenoxy) is 1. The average Bonchev–Trinajstić information content (AvgIpc) is 2.67. The summed E-state index contributed by atoms with van der Waals surface area (Å²) in [6, 6.07) is 15.6. The third-order valence-electron chi connectivity index (χ3n) is 3.55. The zero-order valence-electron chi connectivity index (χ0n) is 15.1. The fraction of sp³-hybridized carbons (Fsp3) is 0.263. The van der Waals surface area contributed by atoms with Gasteiger partial charge in [0, 0.05) is 20.1 Å². The summed E-state index contributed by atoms with van der Waals surface area (Å²) in [7, 11) is 1.64. The number of aliphatic imine (C=N–C) groups is 1. The number of rotatable bonds is 6. The van der Waals surface area contributed by atoms with Crippen LogP contribution in [0.5, 0.6) is 5.75 Å². The summed E-state index contributed by atoms with van der Waals surface area (Å²) in [5.41, 5.74) is 2.47. The standard InChI is InChI=1S/C19H19F3N4O.HI/c1-24-18(25-11-15-4-2-14(10-23)3-5-15)26-12-16-6-8-17(9-7-16)27-13-19(20,21)22;/h2-9H,11-13H2,1H3,(H2,24,25,26);1H. The fourth-order valence-electron chi connectivity index (χ4n) is 2.16. The van der Waals surface area contributed by atoms with E-state index in [1.54, 1.807) is 31.3 Å². The first-order valence-electron chi connectivity index (χ1n) is 8.11. The van der Waals surface area contributed by atoms with Crippen LogP contribution in [0, 0.1) is 11.3 Å². The molecule has 9 heteroatoms. The Morgan fingerprint density at radius 1 is 1.00 bits per heavy atom. The number of nitriles is 1. The summed E-state index contributed by atoms with van der Waals surface area (Å²) in [4.78, 5) is 4.12. The minimum atomic E-state index is -4.35. The van der Waals surface area contributed by atoms with Crippen molar-refractivity contribution < 1.29 is 17.9 Å². The summed E-state index contributed by atoms with van der Waals surface area (Å²) in [5.74, 6) is 0.746. The highest BCUT2D eigenvalue weighted by atomic mass is 127. The topological polar surface area (TPSA) is 69.4 Å². The van der Waals surface area contributed by atoms with Crippen LogP contribution in [0.4, 0.5) is 13.2 Å². The van der Waals surface area contributed by atoms with Gasteiger partial charge in [0.15, 0.2) is 12.6 Å². The number of alkyl halides is 3. The molecule has 0 atom stereocenters. The molecule has 0 radical (unpaired) electrons. The predicted molar refractivity (Wildman–Crippen MR) is 112 cm³/mol. The number of nitrogens with one attached hydrogen (secondary N) is 2. The fourth-order valence-corrected chi connectivity index (χ4v) is 2.16. The van der Waals surface area contributed by atoms with Gasteiger partial charge in [-0.1, -0.05) is 24.3 Å². The van der Waals surface area contributed by atoms with Gasteiger partial charge in [-0.3, -0.25) is 4.99 Å². The zero-order chi connectivity index (χ0) is 19.7. The summed E-state index contributed by atoms with van der Waals surface area (Å²) in [5, 5.41) is 15.1. The third kappa shape index (κ3) is 8.47. The minimum Gasteiger partial charge on any atom is -0.484 e.